The van der Waals surface area contributed by atoms with Gasteiger partial charge in [-0.05, 0) is 29.5 Å². The molecule has 2 fully saturated rings. The van der Waals surface area contributed by atoms with E-state index in [2.05, 4.69) is 10.00 Å². The lowest BCUT2D eigenvalue weighted by molar-refractivity contribution is -0.137. The Morgan fingerprint density at radius 2 is 1.84 bits per heavy atom. The summed E-state index contributed by atoms with van der Waals surface area (Å²) in [7, 11) is 1.61. The van der Waals surface area contributed by atoms with Crippen molar-refractivity contribution in [3.8, 4) is 0 Å². The molecule has 0 N–H and O–H groups in total. The van der Waals surface area contributed by atoms with Crippen LogP contribution in [0, 0.1) is 11.8 Å². The monoisotopic (exact) mass is 469 g/mol. The Hall–Kier alpha value is -2.59. The minimum Gasteiger partial charge on any atom is -0.322 e. The number of likely N-dealkylation sites (tertiary alicyclic amines) is 2. The van der Waals surface area contributed by atoms with Gasteiger partial charge in [0.1, 0.15) is 0 Å². The van der Waals surface area contributed by atoms with Crippen LogP contribution in [0.5, 0.6) is 0 Å². The molecule has 1 aromatic carbocycles. The Labute approximate surface area is 188 Å². The van der Waals surface area contributed by atoms with E-state index >= 15 is 0 Å². The standard InChI is InChI=1S/C21H23ClF3N5O2/c1-13(31)27(2)17-6-26-30(12-17)20(32)29-10-15-8-28(9-16(15)11-29)7-14-3-4-19(22)18(5-14)21(23,24)25/h3-6,12,15-16H,7-11H2,1-2H3. The number of hydrogen-bond donors (Lipinski definition) is 0. The van der Waals surface area contributed by atoms with Crippen molar-refractivity contribution in [2.24, 2.45) is 11.8 Å². The highest BCUT2D eigenvalue weighted by atomic mass is 35.5. The van der Waals surface area contributed by atoms with Crippen molar-refractivity contribution in [1.82, 2.24) is 19.6 Å². The molecule has 0 aliphatic carbocycles. The van der Waals surface area contributed by atoms with Gasteiger partial charge in [-0.25, -0.2) is 4.79 Å². The largest absolute Gasteiger partial charge is 0.417 e. The van der Waals surface area contributed by atoms with Gasteiger partial charge in [0.05, 0.1) is 28.7 Å². The maximum Gasteiger partial charge on any atom is 0.417 e. The normalized spacial score (nSPS) is 21.1. The summed E-state index contributed by atoms with van der Waals surface area (Å²) in [5.74, 6) is 0.349. The molecule has 11 heteroatoms. The van der Waals surface area contributed by atoms with Crippen LogP contribution in [0.4, 0.5) is 23.7 Å². The molecule has 32 heavy (non-hydrogen) atoms. The lowest BCUT2D eigenvalue weighted by atomic mass is 10.0. The first kappa shape index (κ1) is 22.6. The van der Waals surface area contributed by atoms with Crippen LogP contribution in [0.2, 0.25) is 5.02 Å². The number of alkyl halides is 3. The molecule has 3 heterocycles. The molecule has 172 valence electrons. The second-order valence-corrected chi connectivity index (χ2v) is 8.84. The number of nitrogens with zero attached hydrogens (tertiary/aromatic N) is 5. The van der Waals surface area contributed by atoms with Crippen LogP contribution in [-0.4, -0.2) is 64.7 Å². The maximum absolute atomic E-state index is 13.1. The Morgan fingerprint density at radius 3 is 2.44 bits per heavy atom. The van der Waals surface area contributed by atoms with E-state index in [1.165, 1.54) is 35.0 Å². The van der Waals surface area contributed by atoms with Crippen molar-refractivity contribution in [3.05, 3.63) is 46.7 Å². The number of fused-ring (bicyclic) bond motifs is 1. The zero-order valence-electron chi connectivity index (χ0n) is 17.6. The van der Waals surface area contributed by atoms with Gasteiger partial charge < -0.3 is 9.80 Å². The van der Waals surface area contributed by atoms with Gasteiger partial charge in [0.2, 0.25) is 5.91 Å². The van der Waals surface area contributed by atoms with E-state index in [0.717, 1.165) is 6.07 Å². The predicted molar refractivity (Wildman–Crippen MR) is 112 cm³/mol. The van der Waals surface area contributed by atoms with Crippen LogP contribution in [0.3, 0.4) is 0 Å². The molecule has 0 bridgehead atoms. The van der Waals surface area contributed by atoms with Gasteiger partial charge in [-0.3, -0.25) is 9.69 Å². The van der Waals surface area contributed by atoms with E-state index in [-0.39, 0.29) is 28.8 Å². The van der Waals surface area contributed by atoms with Gasteiger partial charge in [0, 0.05) is 46.7 Å². The number of aromatic nitrogens is 2. The van der Waals surface area contributed by atoms with Crippen molar-refractivity contribution in [3.63, 3.8) is 0 Å². The van der Waals surface area contributed by atoms with Crippen molar-refractivity contribution < 1.29 is 22.8 Å². The highest BCUT2D eigenvalue weighted by Crippen LogP contribution is 2.36. The highest BCUT2D eigenvalue weighted by molar-refractivity contribution is 6.31. The smallest absolute Gasteiger partial charge is 0.322 e. The number of hydrogen-bond acceptors (Lipinski definition) is 4. The van der Waals surface area contributed by atoms with E-state index in [1.54, 1.807) is 18.0 Å². The van der Waals surface area contributed by atoms with E-state index in [4.69, 9.17) is 11.6 Å². The van der Waals surface area contributed by atoms with Crippen molar-refractivity contribution in [1.29, 1.82) is 0 Å². The average molecular weight is 470 g/mol. The molecular formula is C21H23ClF3N5O2. The van der Waals surface area contributed by atoms with Crippen LogP contribution in [0.1, 0.15) is 18.1 Å². The first-order valence-electron chi connectivity index (χ1n) is 10.2. The van der Waals surface area contributed by atoms with E-state index < -0.39 is 11.7 Å². The molecular weight excluding hydrogens is 447 g/mol. The average Bonchev–Trinajstić information content (AvgIpc) is 3.42. The van der Waals surface area contributed by atoms with Crippen LogP contribution >= 0.6 is 11.6 Å². The number of benzene rings is 1. The van der Waals surface area contributed by atoms with Gasteiger partial charge in [0.25, 0.3) is 0 Å². The number of carbonyl (C=O) groups excluding carboxylic acids is 2. The molecule has 2 amide bonds. The van der Waals surface area contributed by atoms with Crippen molar-refractivity contribution in [2.45, 2.75) is 19.6 Å². The Morgan fingerprint density at radius 1 is 1.19 bits per heavy atom. The van der Waals surface area contributed by atoms with Crippen LogP contribution in [0.15, 0.2) is 30.6 Å². The van der Waals surface area contributed by atoms with E-state index in [9.17, 15) is 22.8 Å². The fourth-order valence-electron chi connectivity index (χ4n) is 4.44. The topological polar surface area (TPSA) is 61.7 Å². The number of rotatable bonds is 3. The molecule has 2 atom stereocenters. The molecule has 7 nitrogen and oxygen atoms in total. The van der Waals surface area contributed by atoms with Crippen LogP contribution < -0.4 is 4.90 Å². The molecule has 0 radical (unpaired) electrons. The fourth-order valence-corrected chi connectivity index (χ4v) is 4.66. The number of carbonyl (C=O) groups is 2. The highest BCUT2D eigenvalue weighted by Gasteiger charge is 2.42. The molecule has 2 aliphatic heterocycles. The summed E-state index contributed by atoms with van der Waals surface area (Å²) in [6.45, 7) is 4.37. The van der Waals surface area contributed by atoms with Crippen molar-refractivity contribution >= 4 is 29.2 Å². The van der Waals surface area contributed by atoms with Gasteiger partial charge in [0.15, 0.2) is 0 Å². The molecule has 2 aliphatic rings. The van der Waals surface area contributed by atoms with Gasteiger partial charge in [-0.15, -0.1) is 0 Å². The lowest BCUT2D eigenvalue weighted by Gasteiger charge is -2.22. The SMILES string of the molecule is CC(=O)N(C)c1cnn(C(=O)N2CC3CN(Cc4ccc(Cl)c(C(F)(F)F)c4)CC3C2)c1. The first-order chi connectivity index (χ1) is 15.0. The molecule has 0 saturated carbocycles. The fraction of sp³-hybridized carbons (Fsp3) is 0.476. The molecule has 2 aromatic rings. The first-order valence-corrected chi connectivity index (χ1v) is 10.6. The predicted octanol–water partition coefficient (Wildman–Crippen LogP) is 3.57. The minimum atomic E-state index is -4.49. The third-order valence-electron chi connectivity index (χ3n) is 6.20. The zero-order valence-corrected chi connectivity index (χ0v) is 18.4. The summed E-state index contributed by atoms with van der Waals surface area (Å²) >= 11 is 5.71. The van der Waals surface area contributed by atoms with Crippen LogP contribution in [0.25, 0.3) is 0 Å². The van der Waals surface area contributed by atoms with E-state index in [0.29, 0.717) is 44.0 Å². The van der Waals surface area contributed by atoms with Gasteiger partial charge in [-0.1, -0.05) is 17.7 Å². The molecule has 0 spiro atoms. The van der Waals surface area contributed by atoms with E-state index in [1.807, 2.05) is 0 Å². The molecule has 2 unspecified atom stereocenters. The van der Waals surface area contributed by atoms with Crippen molar-refractivity contribution in [2.75, 3.05) is 38.1 Å². The number of amides is 2. The third kappa shape index (κ3) is 4.47. The summed E-state index contributed by atoms with van der Waals surface area (Å²) in [5.41, 5.74) is 0.285. The lowest BCUT2D eigenvalue weighted by Crippen LogP contribution is -2.36. The molecule has 4 rings (SSSR count). The summed E-state index contributed by atoms with van der Waals surface area (Å²) < 4.78 is 40.6. The van der Waals surface area contributed by atoms with Crippen LogP contribution in [-0.2, 0) is 17.5 Å². The quantitative estimate of drug-likeness (QED) is 0.689. The zero-order chi connectivity index (χ0) is 23.2. The summed E-state index contributed by atoms with van der Waals surface area (Å²) in [4.78, 5) is 29.6. The molecule has 1 aromatic heterocycles. The Kier molecular flexibility index (Phi) is 5.93. The summed E-state index contributed by atoms with van der Waals surface area (Å²) in [5, 5.41) is 3.78. The third-order valence-corrected chi connectivity index (χ3v) is 6.53. The number of anilines is 1. The summed E-state index contributed by atoms with van der Waals surface area (Å²) in [6.07, 6.45) is -1.48. The minimum absolute atomic E-state index is 0.157. The second kappa shape index (κ2) is 8.40. The van der Waals surface area contributed by atoms with Gasteiger partial charge in [-0.2, -0.15) is 23.0 Å². The molecule has 2 saturated heterocycles. The maximum atomic E-state index is 13.1. The van der Waals surface area contributed by atoms with Gasteiger partial charge >= 0.3 is 12.2 Å². The second-order valence-electron chi connectivity index (χ2n) is 8.43. The Balaban J connectivity index is 1.36. The Bertz CT molecular complexity index is 1030. The summed E-state index contributed by atoms with van der Waals surface area (Å²) in [6, 6.07) is 3.77. The number of halogens is 4.